The number of hydrogen-bond acceptors (Lipinski definition) is 4. The van der Waals surface area contributed by atoms with Gasteiger partial charge in [0.2, 0.25) is 0 Å². The standard InChI is InChI=1S/C12H26N2O3/c1-10(5-8-15)9-13-6-7-14-11(16)17-12(2,3)4/h10,13,15H,5-9H2,1-4H3,(H,14,16). The molecule has 0 aromatic carbocycles. The lowest BCUT2D eigenvalue weighted by molar-refractivity contribution is 0.0528. The van der Waals surface area contributed by atoms with E-state index >= 15 is 0 Å². The maximum absolute atomic E-state index is 11.3. The van der Waals surface area contributed by atoms with Gasteiger partial charge in [-0.15, -0.1) is 0 Å². The highest BCUT2D eigenvalue weighted by Crippen LogP contribution is 2.05. The molecule has 3 N–H and O–H groups in total. The summed E-state index contributed by atoms with van der Waals surface area (Å²) in [7, 11) is 0. The third-order valence-electron chi connectivity index (χ3n) is 2.08. The molecule has 5 heteroatoms. The number of rotatable bonds is 7. The molecular weight excluding hydrogens is 220 g/mol. The molecule has 0 aliphatic rings. The van der Waals surface area contributed by atoms with Crippen molar-refractivity contribution in [3.63, 3.8) is 0 Å². The number of nitrogens with one attached hydrogen (secondary N) is 2. The van der Waals surface area contributed by atoms with E-state index in [1.165, 1.54) is 0 Å². The molecule has 0 aliphatic heterocycles. The van der Waals surface area contributed by atoms with E-state index in [4.69, 9.17) is 9.84 Å². The second kappa shape index (κ2) is 8.31. The highest BCUT2D eigenvalue weighted by atomic mass is 16.6. The number of aliphatic hydroxyl groups excluding tert-OH is 1. The van der Waals surface area contributed by atoms with Crippen LogP contribution in [-0.2, 0) is 4.74 Å². The van der Waals surface area contributed by atoms with E-state index in [0.717, 1.165) is 13.0 Å². The Hall–Kier alpha value is -0.810. The second-order valence-electron chi connectivity index (χ2n) is 5.25. The summed E-state index contributed by atoms with van der Waals surface area (Å²) in [5.41, 5.74) is -0.451. The summed E-state index contributed by atoms with van der Waals surface area (Å²) >= 11 is 0. The molecule has 0 rings (SSSR count). The Balaban J connectivity index is 3.43. The lowest BCUT2D eigenvalue weighted by Gasteiger charge is -2.19. The van der Waals surface area contributed by atoms with Gasteiger partial charge in [0.15, 0.2) is 0 Å². The van der Waals surface area contributed by atoms with Crippen LogP contribution in [0.1, 0.15) is 34.1 Å². The first kappa shape index (κ1) is 16.2. The van der Waals surface area contributed by atoms with E-state index in [-0.39, 0.29) is 12.7 Å². The van der Waals surface area contributed by atoms with Crippen molar-refractivity contribution in [1.82, 2.24) is 10.6 Å². The van der Waals surface area contributed by atoms with E-state index in [2.05, 4.69) is 17.6 Å². The fraction of sp³-hybridized carbons (Fsp3) is 0.917. The summed E-state index contributed by atoms with van der Waals surface area (Å²) in [5, 5.41) is 14.6. The van der Waals surface area contributed by atoms with Crippen LogP contribution in [0.3, 0.4) is 0 Å². The van der Waals surface area contributed by atoms with Crippen LogP contribution in [0.4, 0.5) is 4.79 Å². The Morgan fingerprint density at radius 3 is 2.53 bits per heavy atom. The monoisotopic (exact) mass is 246 g/mol. The van der Waals surface area contributed by atoms with Crippen LogP contribution in [-0.4, -0.2) is 43.0 Å². The molecule has 0 aromatic rings. The quantitative estimate of drug-likeness (QED) is 0.589. The van der Waals surface area contributed by atoms with Crippen LogP contribution in [0.5, 0.6) is 0 Å². The number of amides is 1. The smallest absolute Gasteiger partial charge is 0.407 e. The van der Waals surface area contributed by atoms with Crippen molar-refractivity contribution in [2.24, 2.45) is 5.92 Å². The molecule has 5 nitrogen and oxygen atoms in total. The molecule has 1 amide bonds. The van der Waals surface area contributed by atoms with Crippen molar-refractivity contribution in [2.45, 2.75) is 39.7 Å². The third kappa shape index (κ3) is 11.5. The summed E-state index contributed by atoms with van der Waals surface area (Å²) in [5.74, 6) is 0.446. The molecule has 0 heterocycles. The second-order valence-corrected chi connectivity index (χ2v) is 5.25. The van der Waals surface area contributed by atoms with Gasteiger partial charge in [-0.25, -0.2) is 4.79 Å². The number of carbonyl (C=O) groups is 1. The molecule has 0 spiro atoms. The fourth-order valence-electron chi connectivity index (χ4n) is 1.24. The molecule has 0 bridgehead atoms. The van der Waals surface area contributed by atoms with Crippen molar-refractivity contribution in [1.29, 1.82) is 0 Å². The zero-order chi connectivity index (χ0) is 13.3. The maximum Gasteiger partial charge on any atom is 0.407 e. The van der Waals surface area contributed by atoms with Gasteiger partial charge in [0.05, 0.1) is 0 Å². The van der Waals surface area contributed by atoms with Gasteiger partial charge >= 0.3 is 6.09 Å². The Kier molecular flexibility index (Phi) is 7.91. The van der Waals surface area contributed by atoms with E-state index in [9.17, 15) is 4.79 Å². The van der Waals surface area contributed by atoms with Gasteiger partial charge in [0, 0.05) is 19.7 Å². The third-order valence-corrected chi connectivity index (χ3v) is 2.08. The van der Waals surface area contributed by atoms with E-state index in [0.29, 0.717) is 19.0 Å². The minimum absolute atomic E-state index is 0.221. The van der Waals surface area contributed by atoms with Crippen LogP contribution in [0.2, 0.25) is 0 Å². The Morgan fingerprint density at radius 2 is 2.00 bits per heavy atom. The van der Waals surface area contributed by atoms with E-state index in [1.54, 1.807) is 0 Å². The van der Waals surface area contributed by atoms with E-state index in [1.807, 2.05) is 20.8 Å². The first-order valence-corrected chi connectivity index (χ1v) is 6.13. The number of aliphatic hydroxyl groups is 1. The highest BCUT2D eigenvalue weighted by molar-refractivity contribution is 5.67. The molecule has 1 unspecified atom stereocenters. The van der Waals surface area contributed by atoms with Crippen LogP contribution in [0, 0.1) is 5.92 Å². The normalized spacial score (nSPS) is 13.2. The van der Waals surface area contributed by atoms with Crippen molar-refractivity contribution in [2.75, 3.05) is 26.2 Å². The summed E-state index contributed by atoms with van der Waals surface area (Å²) in [6.45, 7) is 9.89. The molecule has 0 saturated carbocycles. The van der Waals surface area contributed by atoms with Gasteiger partial charge < -0.3 is 20.5 Å². The fourth-order valence-corrected chi connectivity index (χ4v) is 1.24. The summed E-state index contributed by atoms with van der Waals surface area (Å²) < 4.78 is 5.09. The van der Waals surface area contributed by atoms with Gasteiger partial charge in [-0.05, 0) is 39.7 Å². The predicted octanol–water partition coefficient (Wildman–Crippen LogP) is 1.12. The minimum Gasteiger partial charge on any atom is -0.444 e. The van der Waals surface area contributed by atoms with Gasteiger partial charge in [-0.1, -0.05) is 6.92 Å². The Bertz CT molecular complexity index is 214. The number of alkyl carbamates (subject to hydrolysis) is 1. The average molecular weight is 246 g/mol. The average Bonchev–Trinajstić information content (AvgIpc) is 2.14. The summed E-state index contributed by atoms with van der Waals surface area (Å²) in [6, 6.07) is 0. The van der Waals surface area contributed by atoms with Gasteiger partial charge in [0.1, 0.15) is 5.60 Å². The summed E-state index contributed by atoms with van der Waals surface area (Å²) in [4.78, 5) is 11.3. The van der Waals surface area contributed by atoms with Crippen molar-refractivity contribution in [3.05, 3.63) is 0 Å². The number of carbonyl (C=O) groups excluding carboxylic acids is 1. The van der Waals surface area contributed by atoms with Crippen molar-refractivity contribution in [3.8, 4) is 0 Å². The summed E-state index contributed by atoms with van der Waals surface area (Å²) in [6.07, 6.45) is 0.412. The van der Waals surface area contributed by atoms with E-state index < -0.39 is 5.60 Å². The van der Waals surface area contributed by atoms with Crippen molar-refractivity contribution >= 4 is 6.09 Å². The lowest BCUT2D eigenvalue weighted by atomic mass is 10.1. The topological polar surface area (TPSA) is 70.6 Å². The molecule has 0 aromatic heterocycles. The van der Waals surface area contributed by atoms with Gasteiger partial charge in [-0.2, -0.15) is 0 Å². The SMILES string of the molecule is CC(CCO)CNCCNC(=O)OC(C)(C)C. The first-order chi connectivity index (χ1) is 7.85. The lowest BCUT2D eigenvalue weighted by Crippen LogP contribution is -2.37. The molecule has 0 radical (unpaired) electrons. The van der Waals surface area contributed by atoms with Crippen LogP contribution < -0.4 is 10.6 Å². The molecule has 0 aliphatic carbocycles. The van der Waals surface area contributed by atoms with Crippen LogP contribution in [0.25, 0.3) is 0 Å². The molecule has 102 valence electrons. The molecule has 1 atom stereocenters. The molecule has 0 fully saturated rings. The zero-order valence-electron chi connectivity index (χ0n) is 11.4. The molecule has 0 saturated heterocycles. The van der Waals surface area contributed by atoms with Crippen LogP contribution in [0.15, 0.2) is 0 Å². The van der Waals surface area contributed by atoms with Gasteiger partial charge in [-0.3, -0.25) is 0 Å². The maximum atomic E-state index is 11.3. The number of hydrogen-bond donors (Lipinski definition) is 3. The molecule has 17 heavy (non-hydrogen) atoms. The van der Waals surface area contributed by atoms with Gasteiger partial charge in [0.25, 0.3) is 0 Å². The van der Waals surface area contributed by atoms with Crippen LogP contribution >= 0.6 is 0 Å². The number of ether oxygens (including phenoxy) is 1. The minimum atomic E-state index is -0.451. The molecular formula is C12H26N2O3. The zero-order valence-corrected chi connectivity index (χ0v) is 11.4. The predicted molar refractivity (Wildman–Crippen MR) is 68.0 cm³/mol. The Morgan fingerprint density at radius 1 is 1.35 bits per heavy atom. The highest BCUT2D eigenvalue weighted by Gasteiger charge is 2.15. The Labute approximate surface area is 104 Å². The van der Waals surface area contributed by atoms with Crippen molar-refractivity contribution < 1.29 is 14.6 Å². The largest absolute Gasteiger partial charge is 0.444 e. The first-order valence-electron chi connectivity index (χ1n) is 6.13.